The van der Waals surface area contributed by atoms with Gasteiger partial charge in [0.15, 0.2) is 0 Å². The summed E-state index contributed by atoms with van der Waals surface area (Å²) in [4.78, 5) is 11.3. The lowest BCUT2D eigenvalue weighted by atomic mass is 10.3. The first-order valence-corrected chi connectivity index (χ1v) is 4.97. The molecule has 5 nitrogen and oxygen atoms in total. The Kier molecular flexibility index (Phi) is 2.41. The Bertz CT molecular complexity index is 465. The number of hydrogen-bond acceptors (Lipinski definition) is 4. The van der Waals surface area contributed by atoms with E-state index in [4.69, 9.17) is 5.26 Å². The zero-order valence-corrected chi connectivity index (χ0v) is 9.19. The Morgan fingerprint density at radius 1 is 1.69 bits per heavy atom. The molecule has 0 fully saturated rings. The predicted octanol–water partition coefficient (Wildman–Crippen LogP) is 0.821. The molecule has 16 heavy (non-hydrogen) atoms. The van der Waals surface area contributed by atoms with Gasteiger partial charge in [-0.2, -0.15) is 5.26 Å². The number of nitrogens with zero attached hydrogens (tertiary/aromatic N) is 3. The Hall–Kier alpha value is -2.22. The van der Waals surface area contributed by atoms with Crippen molar-refractivity contribution in [2.75, 3.05) is 6.54 Å². The minimum absolute atomic E-state index is 0.108. The molecule has 0 spiro atoms. The smallest absolute Gasteiger partial charge is 0.251 e. The van der Waals surface area contributed by atoms with E-state index in [2.05, 4.69) is 5.32 Å². The van der Waals surface area contributed by atoms with Crippen molar-refractivity contribution in [2.45, 2.75) is 13.8 Å². The molecule has 82 valence electrons. The zero-order valence-electron chi connectivity index (χ0n) is 9.19. The minimum atomic E-state index is -0.108. The molecule has 5 heteroatoms. The van der Waals surface area contributed by atoms with Crippen molar-refractivity contribution >= 4 is 5.91 Å². The molecule has 1 N–H and O–H groups in total. The molecule has 2 rings (SSSR count). The van der Waals surface area contributed by atoms with Crippen molar-refractivity contribution in [1.29, 1.82) is 5.26 Å². The minimum Gasteiger partial charge on any atom is -0.307 e. The van der Waals surface area contributed by atoms with Crippen molar-refractivity contribution in [3.8, 4) is 6.07 Å². The molecule has 0 aromatic carbocycles. The quantitative estimate of drug-likeness (QED) is 0.659. The summed E-state index contributed by atoms with van der Waals surface area (Å²) < 4.78 is 0. The lowest BCUT2D eigenvalue weighted by Crippen LogP contribution is -2.43. The van der Waals surface area contributed by atoms with Crippen LogP contribution >= 0.6 is 0 Å². The van der Waals surface area contributed by atoms with Crippen LogP contribution in [-0.4, -0.2) is 22.5 Å². The monoisotopic (exact) mass is 216 g/mol. The number of hydrazine groups is 1. The summed E-state index contributed by atoms with van der Waals surface area (Å²) in [6.45, 7) is 4.39. The SMILES string of the molecule is CC1=CC(=O)NC2=CCN(/C(C)=C/C#N)N12. The van der Waals surface area contributed by atoms with Gasteiger partial charge in [-0.25, -0.2) is 5.01 Å². The number of nitrogens with one attached hydrogen (secondary N) is 1. The standard InChI is InChI=1S/C11H12N4O/c1-8(3-5-12)14-6-4-10-13-11(16)7-9(2)15(10)14/h3-4,7H,6H2,1-2H3,(H,13,16)/b8-3+. The van der Waals surface area contributed by atoms with Gasteiger partial charge >= 0.3 is 0 Å². The van der Waals surface area contributed by atoms with E-state index in [1.807, 2.05) is 36.0 Å². The lowest BCUT2D eigenvalue weighted by molar-refractivity contribution is -0.117. The van der Waals surface area contributed by atoms with Crippen LogP contribution in [0.4, 0.5) is 0 Å². The van der Waals surface area contributed by atoms with Crippen LogP contribution < -0.4 is 5.32 Å². The molecule has 2 aliphatic heterocycles. The van der Waals surface area contributed by atoms with E-state index in [1.54, 1.807) is 0 Å². The maximum Gasteiger partial charge on any atom is 0.251 e. The van der Waals surface area contributed by atoms with Gasteiger partial charge in [0, 0.05) is 23.5 Å². The van der Waals surface area contributed by atoms with Gasteiger partial charge in [0.05, 0.1) is 12.6 Å². The van der Waals surface area contributed by atoms with Crippen LogP contribution in [0.2, 0.25) is 0 Å². The second-order valence-corrected chi connectivity index (χ2v) is 3.67. The molecule has 0 saturated carbocycles. The zero-order chi connectivity index (χ0) is 11.7. The number of rotatable bonds is 1. The fourth-order valence-corrected chi connectivity index (χ4v) is 1.84. The number of hydrogen-bond donors (Lipinski definition) is 1. The van der Waals surface area contributed by atoms with Crippen LogP contribution in [0.15, 0.2) is 35.4 Å². The molecule has 0 aromatic heterocycles. The third-order valence-corrected chi connectivity index (χ3v) is 2.53. The van der Waals surface area contributed by atoms with Gasteiger partial charge in [-0.3, -0.25) is 9.80 Å². The van der Waals surface area contributed by atoms with Gasteiger partial charge in [-0.15, -0.1) is 0 Å². The number of amides is 1. The highest BCUT2D eigenvalue weighted by atomic mass is 16.2. The van der Waals surface area contributed by atoms with Crippen LogP contribution in [-0.2, 0) is 4.79 Å². The molecule has 0 saturated heterocycles. The van der Waals surface area contributed by atoms with E-state index in [9.17, 15) is 4.79 Å². The molecule has 0 radical (unpaired) electrons. The number of carbonyl (C=O) groups excluding carboxylic acids is 1. The molecule has 0 atom stereocenters. The van der Waals surface area contributed by atoms with Crippen molar-refractivity contribution in [2.24, 2.45) is 0 Å². The molecule has 2 aliphatic rings. The molecular weight excluding hydrogens is 204 g/mol. The first kappa shape index (κ1) is 10.3. The second kappa shape index (κ2) is 3.74. The third-order valence-electron chi connectivity index (χ3n) is 2.53. The summed E-state index contributed by atoms with van der Waals surface area (Å²) in [6.07, 6.45) is 4.94. The average Bonchev–Trinajstić information content (AvgIpc) is 2.61. The summed E-state index contributed by atoms with van der Waals surface area (Å²) in [5, 5.41) is 15.2. The highest BCUT2D eigenvalue weighted by Crippen LogP contribution is 2.26. The molecule has 0 bridgehead atoms. The maximum atomic E-state index is 11.3. The average molecular weight is 216 g/mol. The summed E-state index contributed by atoms with van der Waals surface area (Å²) in [6, 6.07) is 2.00. The van der Waals surface area contributed by atoms with E-state index in [1.165, 1.54) is 12.2 Å². The van der Waals surface area contributed by atoms with Crippen molar-refractivity contribution in [1.82, 2.24) is 15.3 Å². The van der Waals surface area contributed by atoms with Crippen molar-refractivity contribution < 1.29 is 4.79 Å². The van der Waals surface area contributed by atoms with Gasteiger partial charge in [-0.1, -0.05) is 0 Å². The lowest BCUT2D eigenvalue weighted by Gasteiger charge is -2.36. The molecule has 2 heterocycles. The Labute approximate surface area is 93.9 Å². The number of nitriles is 1. The van der Waals surface area contributed by atoms with E-state index < -0.39 is 0 Å². The molecule has 1 amide bonds. The van der Waals surface area contributed by atoms with E-state index >= 15 is 0 Å². The molecule has 0 aromatic rings. The van der Waals surface area contributed by atoms with Gasteiger partial charge in [0.1, 0.15) is 5.82 Å². The van der Waals surface area contributed by atoms with E-state index in [0.29, 0.717) is 6.54 Å². The van der Waals surface area contributed by atoms with Crippen molar-refractivity contribution in [3.63, 3.8) is 0 Å². The van der Waals surface area contributed by atoms with Crippen LogP contribution in [0.5, 0.6) is 0 Å². The Morgan fingerprint density at radius 2 is 2.44 bits per heavy atom. The maximum absolute atomic E-state index is 11.3. The summed E-state index contributed by atoms with van der Waals surface area (Å²) in [5.74, 6) is 0.652. The first-order valence-electron chi connectivity index (χ1n) is 4.97. The highest BCUT2D eigenvalue weighted by molar-refractivity contribution is 5.90. The molecular formula is C11H12N4O. The molecule has 0 aliphatic carbocycles. The summed E-state index contributed by atoms with van der Waals surface area (Å²) in [7, 11) is 0. The van der Waals surface area contributed by atoms with Crippen molar-refractivity contribution in [3.05, 3.63) is 35.4 Å². The van der Waals surface area contributed by atoms with Gasteiger partial charge in [0.25, 0.3) is 5.91 Å². The predicted molar refractivity (Wildman–Crippen MR) is 57.9 cm³/mol. The van der Waals surface area contributed by atoms with Gasteiger partial charge in [-0.05, 0) is 19.9 Å². The number of fused-ring (bicyclic) bond motifs is 1. The van der Waals surface area contributed by atoms with Crippen LogP contribution in [0, 0.1) is 11.3 Å². The van der Waals surface area contributed by atoms with E-state index in [0.717, 1.165) is 17.2 Å². The van der Waals surface area contributed by atoms with Gasteiger partial charge in [0.2, 0.25) is 0 Å². The fraction of sp³-hybridized carbons (Fsp3) is 0.273. The fourth-order valence-electron chi connectivity index (χ4n) is 1.84. The van der Waals surface area contributed by atoms with Crippen LogP contribution in [0.3, 0.4) is 0 Å². The normalized spacial score (nSPS) is 19.8. The largest absolute Gasteiger partial charge is 0.307 e. The highest BCUT2D eigenvalue weighted by Gasteiger charge is 2.29. The summed E-state index contributed by atoms with van der Waals surface area (Å²) >= 11 is 0. The summed E-state index contributed by atoms with van der Waals surface area (Å²) in [5.41, 5.74) is 1.69. The van der Waals surface area contributed by atoms with Crippen LogP contribution in [0.25, 0.3) is 0 Å². The first-order chi connectivity index (χ1) is 7.63. The molecule has 0 unspecified atom stereocenters. The van der Waals surface area contributed by atoms with E-state index in [-0.39, 0.29) is 5.91 Å². The third kappa shape index (κ3) is 1.54. The van der Waals surface area contributed by atoms with Crippen LogP contribution in [0.1, 0.15) is 13.8 Å². The van der Waals surface area contributed by atoms with Gasteiger partial charge < -0.3 is 5.32 Å². The topological polar surface area (TPSA) is 59.4 Å². The Balaban J connectivity index is 2.32. The second-order valence-electron chi connectivity index (χ2n) is 3.67. The number of allylic oxidation sites excluding steroid dienone is 3. The number of carbonyl (C=O) groups is 1. The Morgan fingerprint density at radius 3 is 3.12 bits per heavy atom.